The van der Waals surface area contributed by atoms with Gasteiger partial charge in [-0.3, -0.25) is 53.4 Å². The van der Waals surface area contributed by atoms with Crippen LogP contribution in [0, 0.1) is 13.8 Å². The smallest absolute Gasteiger partial charge is 0.264 e. The molecule has 23 heteroatoms. The number of amides is 6. The molecule has 2 fully saturated rings. The van der Waals surface area contributed by atoms with Crippen molar-refractivity contribution in [2.45, 2.75) is 65.6 Å². The van der Waals surface area contributed by atoms with Crippen molar-refractivity contribution in [3.05, 3.63) is 105 Å². The molecule has 2 saturated heterocycles. The first-order chi connectivity index (χ1) is 38.3. The lowest BCUT2D eigenvalue weighted by Crippen LogP contribution is -2.54. The number of anilines is 2. The molecule has 6 heterocycles. The van der Waals surface area contributed by atoms with Gasteiger partial charge < -0.3 is 49.5 Å². The van der Waals surface area contributed by atoms with Crippen LogP contribution in [0.3, 0.4) is 0 Å². The van der Waals surface area contributed by atoms with E-state index in [1.54, 1.807) is 24.4 Å². The van der Waals surface area contributed by atoms with Crippen LogP contribution < -0.4 is 31.7 Å². The highest BCUT2D eigenvalue weighted by Crippen LogP contribution is 2.33. The molecule has 0 spiro atoms. The molecule has 3 aromatic heterocycles. The van der Waals surface area contributed by atoms with Gasteiger partial charge in [0.25, 0.3) is 23.3 Å². The molecular weight excluding hydrogens is 1020 g/mol. The number of hydrogen-bond donors (Lipinski definition) is 5. The number of piperazine rings is 1. The molecule has 3 aliphatic rings. The molecule has 0 bridgehead atoms. The number of aromatic amines is 1. The molecular formula is C56H71N11O12. The highest BCUT2D eigenvalue weighted by molar-refractivity contribution is 6.25. The largest absolute Gasteiger partial charge is 0.382 e. The Bertz CT molecular complexity index is 3030. The van der Waals surface area contributed by atoms with Crippen LogP contribution in [-0.4, -0.2) is 183 Å². The Balaban J connectivity index is 0.623. The fourth-order valence-corrected chi connectivity index (χ4v) is 9.73. The highest BCUT2D eigenvalue weighted by Gasteiger charge is 2.45. The summed E-state index contributed by atoms with van der Waals surface area (Å²) in [6.45, 7) is 16.4. The molecule has 1 unspecified atom stereocenters. The highest BCUT2D eigenvalue weighted by atomic mass is 16.6. The predicted molar refractivity (Wildman–Crippen MR) is 293 cm³/mol. The second-order valence-electron chi connectivity index (χ2n) is 19.8. The van der Waals surface area contributed by atoms with Crippen LogP contribution in [0.1, 0.15) is 87.0 Å². The first-order valence-electron chi connectivity index (χ1n) is 26.9. The van der Waals surface area contributed by atoms with E-state index in [9.17, 15) is 33.6 Å². The monoisotopic (exact) mass is 1090 g/mol. The van der Waals surface area contributed by atoms with Gasteiger partial charge in [0.1, 0.15) is 11.9 Å². The Morgan fingerprint density at radius 1 is 0.759 bits per heavy atom. The first-order valence-corrected chi connectivity index (χ1v) is 26.9. The third kappa shape index (κ3) is 15.0. The minimum absolute atomic E-state index is 0.0538. The van der Waals surface area contributed by atoms with E-state index in [2.05, 4.69) is 41.1 Å². The minimum Gasteiger partial charge on any atom is -0.382 e. The van der Waals surface area contributed by atoms with Gasteiger partial charge in [-0.05, 0) is 87.7 Å². The number of hydrogen-bond acceptors (Lipinski definition) is 17. The Labute approximate surface area is 458 Å². The number of nitrogens with zero attached hydrogens (tertiary/aromatic N) is 6. The molecule has 79 heavy (non-hydrogen) atoms. The zero-order chi connectivity index (χ0) is 55.8. The summed E-state index contributed by atoms with van der Waals surface area (Å²) in [6.07, 6.45) is 3.96. The van der Waals surface area contributed by atoms with Crippen molar-refractivity contribution in [1.82, 2.24) is 45.5 Å². The summed E-state index contributed by atoms with van der Waals surface area (Å²) in [5.74, 6) is -1.70. The van der Waals surface area contributed by atoms with Gasteiger partial charge in [-0.15, -0.1) is 0 Å². The van der Waals surface area contributed by atoms with Crippen LogP contribution in [-0.2, 0) is 44.6 Å². The number of carbonyl (C=O) groups excluding carboxylic acids is 6. The number of pyridine rings is 2. The maximum absolute atomic E-state index is 13.7. The van der Waals surface area contributed by atoms with Gasteiger partial charge in [0.15, 0.2) is 0 Å². The van der Waals surface area contributed by atoms with Gasteiger partial charge in [0, 0.05) is 105 Å². The van der Waals surface area contributed by atoms with Crippen LogP contribution in [0.4, 0.5) is 11.5 Å². The maximum atomic E-state index is 13.7. The van der Waals surface area contributed by atoms with Crippen LogP contribution >= 0.6 is 0 Å². The molecule has 0 radical (unpaired) electrons. The van der Waals surface area contributed by atoms with Gasteiger partial charge in [-0.25, -0.2) is 4.98 Å². The number of aromatic nitrogens is 4. The van der Waals surface area contributed by atoms with E-state index in [0.29, 0.717) is 96.0 Å². The van der Waals surface area contributed by atoms with E-state index in [1.807, 2.05) is 68.9 Å². The lowest BCUT2D eigenvalue weighted by Gasteiger charge is -2.35. The number of imide groups is 2. The maximum Gasteiger partial charge on any atom is 0.264 e. The van der Waals surface area contributed by atoms with Gasteiger partial charge in [-0.1, -0.05) is 6.07 Å². The number of aryl methyl sites for hydroxylation is 2. The lowest BCUT2D eigenvalue weighted by molar-refractivity contribution is -0.136. The zero-order valence-electron chi connectivity index (χ0n) is 45.4. The average molecular weight is 1090 g/mol. The first kappa shape index (κ1) is 57.8. The molecule has 2 aromatic carbocycles. The van der Waals surface area contributed by atoms with Crippen LogP contribution in [0.5, 0.6) is 0 Å². The van der Waals surface area contributed by atoms with Gasteiger partial charge in [0.05, 0.1) is 94.5 Å². The molecule has 1 atom stereocenters. The summed E-state index contributed by atoms with van der Waals surface area (Å²) in [5, 5.41) is 16.6. The quantitative estimate of drug-likeness (QED) is 0.0340. The summed E-state index contributed by atoms with van der Waals surface area (Å²) < 4.78 is 29.8. The van der Waals surface area contributed by atoms with Crippen molar-refractivity contribution in [3.8, 4) is 11.1 Å². The number of H-pyrrole nitrogens is 1. The number of benzene rings is 2. The summed E-state index contributed by atoms with van der Waals surface area (Å²) in [7, 11) is 0. The van der Waals surface area contributed by atoms with E-state index in [0.717, 1.165) is 76.7 Å². The number of fused-ring (bicyclic) bond motifs is 2. The molecule has 3 aliphatic heterocycles. The van der Waals surface area contributed by atoms with Crippen molar-refractivity contribution >= 4 is 57.9 Å². The Morgan fingerprint density at radius 2 is 1.46 bits per heavy atom. The fourth-order valence-electron chi connectivity index (χ4n) is 9.73. The molecule has 6 amide bonds. The third-order valence-electron chi connectivity index (χ3n) is 13.9. The Hall–Kier alpha value is -7.41. The number of carbonyl (C=O) groups is 6. The molecule has 5 N–H and O–H groups in total. The van der Waals surface area contributed by atoms with Gasteiger partial charge in [-0.2, -0.15) is 5.10 Å². The molecule has 422 valence electrons. The number of rotatable bonds is 29. The normalized spacial score (nSPS) is 15.8. The molecule has 8 rings (SSSR count). The number of piperidine rings is 1. The second-order valence-corrected chi connectivity index (χ2v) is 19.8. The van der Waals surface area contributed by atoms with E-state index in [4.69, 9.17) is 28.7 Å². The topological polar surface area (TPSA) is 270 Å². The van der Waals surface area contributed by atoms with Gasteiger partial charge in [0.2, 0.25) is 17.7 Å². The summed E-state index contributed by atoms with van der Waals surface area (Å²) in [5.41, 5.74) is 5.76. The molecule has 0 saturated carbocycles. The fraction of sp³-hybridized carbons (Fsp3) is 0.482. The van der Waals surface area contributed by atoms with E-state index >= 15 is 0 Å². The van der Waals surface area contributed by atoms with Crippen LogP contribution in [0.15, 0.2) is 65.7 Å². The van der Waals surface area contributed by atoms with Crippen molar-refractivity contribution in [1.29, 1.82) is 0 Å². The van der Waals surface area contributed by atoms with E-state index in [-0.39, 0.29) is 60.3 Å². The van der Waals surface area contributed by atoms with E-state index < -0.39 is 29.7 Å². The molecule has 5 aromatic rings. The van der Waals surface area contributed by atoms with Crippen LogP contribution in [0.25, 0.3) is 22.0 Å². The summed E-state index contributed by atoms with van der Waals surface area (Å²) in [6, 6.07) is 13.8. The van der Waals surface area contributed by atoms with Crippen LogP contribution in [0.2, 0.25) is 0 Å². The summed E-state index contributed by atoms with van der Waals surface area (Å²) in [4.78, 5) is 102. The predicted octanol–water partition coefficient (Wildman–Crippen LogP) is 3.14. The number of nitrogens with one attached hydrogen (secondary N) is 5. The van der Waals surface area contributed by atoms with Crippen molar-refractivity contribution in [2.75, 3.05) is 122 Å². The van der Waals surface area contributed by atoms with Crippen molar-refractivity contribution in [2.24, 2.45) is 0 Å². The van der Waals surface area contributed by atoms with Crippen molar-refractivity contribution in [3.63, 3.8) is 0 Å². The summed E-state index contributed by atoms with van der Waals surface area (Å²) >= 11 is 0. The second kappa shape index (κ2) is 28.0. The van der Waals surface area contributed by atoms with Crippen molar-refractivity contribution < 1.29 is 52.5 Å². The van der Waals surface area contributed by atoms with Gasteiger partial charge >= 0.3 is 0 Å². The molecule has 23 nitrogen and oxygen atoms in total. The standard InChI is InChI=1S/C56H71N11O12/c1-36(2)67-47-32-40(31-42(44(47)35-61-67)52(70)60-34-43-37(3)30-38(4)62-53(43)71)39-8-10-48(59-33-39)65-18-16-64(17-19-65)15-13-58-49(68)12-20-75-22-24-77-26-28-79-29-27-78-25-23-76-21-14-57-45-7-5-6-41-51(45)56(74)66(55(41)73)46-9-11-50(69)63-54(46)72/h5-8,10,30-33,35-36,46,57H,9,11-29,34H2,1-4H3,(H,58,68)(H,60,70)(H,62,71)(H,63,69,72). The Morgan fingerprint density at radius 3 is 2.11 bits per heavy atom. The Kier molecular flexibility index (Phi) is 20.4. The lowest BCUT2D eigenvalue weighted by atomic mass is 10.0. The average Bonchev–Trinajstić information content (AvgIpc) is 4.19. The molecule has 0 aliphatic carbocycles. The zero-order valence-corrected chi connectivity index (χ0v) is 45.4. The minimum atomic E-state index is -1.03. The third-order valence-corrected chi connectivity index (χ3v) is 13.9. The van der Waals surface area contributed by atoms with E-state index in [1.165, 1.54) is 0 Å². The SMILES string of the molecule is Cc1cc(C)c(CNC(=O)c2cc(-c3ccc(N4CCN(CCNC(=O)CCOCCOCCOCCOCCOCCNc5cccc6c5C(=O)N(C5CCC(=O)NC5=O)C6=O)CC4)nc3)cc3c2cnn3C(C)C)c(=O)[nH]1. The number of ether oxygens (including phenoxy) is 5.